The zero-order valence-electron chi connectivity index (χ0n) is 6.00. The molecule has 0 radical (unpaired) electrons. The van der Waals surface area contributed by atoms with Gasteiger partial charge >= 0.3 is 0 Å². The number of rotatable bonds is 1. The molecule has 0 heterocycles. The van der Waals surface area contributed by atoms with E-state index in [-0.39, 0.29) is 11.4 Å². The van der Waals surface area contributed by atoms with Crippen molar-refractivity contribution in [1.82, 2.24) is 0 Å². The summed E-state index contributed by atoms with van der Waals surface area (Å²) in [4.78, 5) is 0. The van der Waals surface area contributed by atoms with Crippen LogP contribution in [-0.4, -0.2) is 10.9 Å². The number of halogens is 1. The maximum absolute atomic E-state index is 12.6. The molecule has 0 fully saturated rings. The first kappa shape index (κ1) is 8.32. The van der Waals surface area contributed by atoms with Gasteiger partial charge in [-0.1, -0.05) is 0 Å². The summed E-state index contributed by atoms with van der Waals surface area (Å²) in [5.74, 6) is -1.63. The smallest absolute Gasteiger partial charge is 0.173 e. The highest BCUT2D eigenvalue weighted by atomic mass is 19.1. The Hall–Kier alpha value is -1.78. The number of benzene rings is 1. The zero-order valence-corrected chi connectivity index (χ0v) is 6.00. The van der Waals surface area contributed by atoms with Crippen LogP contribution in [0.4, 0.5) is 4.39 Å². The van der Waals surface area contributed by atoms with Gasteiger partial charge in [0.1, 0.15) is 0 Å². The molecule has 0 amide bonds. The number of aromatic hydroxyl groups is 1. The Kier molecular flexibility index (Phi) is 2.14. The molecule has 4 nitrogen and oxygen atoms in total. The largest absolute Gasteiger partial charge is 0.505 e. The van der Waals surface area contributed by atoms with Crippen molar-refractivity contribution < 1.29 is 9.50 Å². The average molecular weight is 167 g/mol. The summed E-state index contributed by atoms with van der Waals surface area (Å²) in [5, 5.41) is 18.6. The maximum Gasteiger partial charge on any atom is 0.173 e. The minimum absolute atomic E-state index is 0.167. The highest BCUT2D eigenvalue weighted by Crippen LogP contribution is 2.16. The van der Waals surface area contributed by atoms with Crippen molar-refractivity contribution >= 4 is 5.84 Å². The molecule has 1 rings (SSSR count). The van der Waals surface area contributed by atoms with Crippen LogP contribution in [0.2, 0.25) is 0 Å². The lowest BCUT2D eigenvalue weighted by Gasteiger charge is -1.97. The summed E-state index contributed by atoms with van der Waals surface area (Å²) in [7, 11) is 0. The van der Waals surface area contributed by atoms with Crippen LogP contribution in [0.15, 0.2) is 23.3 Å². The van der Waals surface area contributed by atoms with Crippen LogP contribution in [-0.2, 0) is 0 Å². The van der Waals surface area contributed by atoms with E-state index in [4.69, 9.17) is 16.0 Å². The summed E-state index contributed by atoms with van der Waals surface area (Å²) in [6, 6.07) is 3.39. The predicted molar refractivity (Wildman–Crippen MR) is 40.0 cm³/mol. The third-order valence-corrected chi connectivity index (χ3v) is 1.33. The third kappa shape index (κ3) is 1.45. The Morgan fingerprint density at radius 3 is 2.67 bits per heavy atom. The first-order valence-corrected chi connectivity index (χ1v) is 3.10. The van der Waals surface area contributed by atoms with E-state index in [2.05, 4.69) is 5.11 Å². The van der Waals surface area contributed by atoms with Gasteiger partial charge in [0.2, 0.25) is 0 Å². The molecule has 0 saturated heterocycles. The Labute approximate surface area is 67.7 Å². The Morgan fingerprint density at radius 2 is 2.17 bits per heavy atom. The molecular formula is C7H6FN3O. The number of hydrogen-bond donors (Lipinski definition) is 3. The standard InChI is InChI=1S/C7H6FN3O/c8-5-3-4(7(9)11-10)1-2-6(5)12/h1-3,9-10,12H. The molecule has 0 saturated carbocycles. The third-order valence-electron chi connectivity index (χ3n) is 1.33. The first-order chi connectivity index (χ1) is 5.65. The predicted octanol–water partition coefficient (Wildman–Crippen LogP) is 1.89. The van der Waals surface area contributed by atoms with Gasteiger partial charge in [0, 0.05) is 5.56 Å². The lowest BCUT2D eigenvalue weighted by atomic mass is 10.2. The second kappa shape index (κ2) is 3.08. The summed E-state index contributed by atoms with van der Waals surface area (Å²) >= 11 is 0. The number of nitrogens with one attached hydrogen (secondary N) is 2. The first-order valence-electron chi connectivity index (χ1n) is 3.10. The van der Waals surface area contributed by atoms with Crippen LogP contribution in [0.25, 0.3) is 0 Å². The van der Waals surface area contributed by atoms with E-state index >= 15 is 0 Å². The molecule has 0 aliphatic carbocycles. The Balaban J connectivity index is 3.13. The van der Waals surface area contributed by atoms with Gasteiger partial charge in [0.25, 0.3) is 0 Å². The van der Waals surface area contributed by atoms with E-state index in [9.17, 15) is 4.39 Å². The maximum atomic E-state index is 12.6. The molecule has 1 aromatic rings. The average Bonchev–Trinajstić information content (AvgIpc) is 2.08. The molecule has 0 bridgehead atoms. The Morgan fingerprint density at radius 1 is 1.50 bits per heavy atom. The summed E-state index contributed by atoms with van der Waals surface area (Å²) in [6.45, 7) is 0. The van der Waals surface area contributed by atoms with Crippen molar-refractivity contribution in [3.05, 3.63) is 29.6 Å². The number of phenols is 1. The van der Waals surface area contributed by atoms with Crippen LogP contribution in [0.5, 0.6) is 5.75 Å². The Bertz CT molecular complexity index is 337. The lowest BCUT2D eigenvalue weighted by molar-refractivity contribution is 0.432. The molecule has 0 aliphatic heterocycles. The van der Waals surface area contributed by atoms with Crippen molar-refractivity contribution in [2.45, 2.75) is 0 Å². The molecule has 0 unspecified atom stereocenters. The minimum atomic E-state index is -0.819. The summed E-state index contributed by atoms with van der Waals surface area (Å²) in [6.07, 6.45) is 0. The fraction of sp³-hybridized carbons (Fsp3) is 0. The molecule has 0 spiro atoms. The molecular weight excluding hydrogens is 161 g/mol. The van der Waals surface area contributed by atoms with Crippen LogP contribution in [0.3, 0.4) is 0 Å². The second-order valence-electron chi connectivity index (χ2n) is 2.13. The van der Waals surface area contributed by atoms with E-state index in [0.717, 1.165) is 12.1 Å². The van der Waals surface area contributed by atoms with Gasteiger partial charge in [0.15, 0.2) is 17.4 Å². The van der Waals surface area contributed by atoms with Crippen LogP contribution in [0.1, 0.15) is 5.56 Å². The molecule has 62 valence electrons. The molecule has 0 atom stereocenters. The van der Waals surface area contributed by atoms with E-state index < -0.39 is 11.6 Å². The second-order valence-corrected chi connectivity index (χ2v) is 2.13. The van der Waals surface area contributed by atoms with Crippen molar-refractivity contribution in [1.29, 1.82) is 10.9 Å². The van der Waals surface area contributed by atoms with E-state index in [1.807, 2.05) is 0 Å². The quantitative estimate of drug-likeness (QED) is 0.333. The van der Waals surface area contributed by atoms with Gasteiger partial charge in [0.05, 0.1) is 0 Å². The van der Waals surface area contributed by atoms with Crippen LogP contribution < -0.4 is 0 Å². The number of nitrogens with zero attached hydrogens (tertiary/aromatic N) is 1. The van der Waals surface area contributed by atoms with Crippen molar-refractivity contribution in [2.24, 2.45) is 5.11 Å². The van der Waals surface area contributed by atoms with Crippen LogP contribution in [0, 0.1) is 16.8 Å². The normalized spacial score (nSPS) is 9.42. The number of amidine groups is 1. The fourth-order valence-corrected chi connectivity index (χ4v) is 0.719. The topological polar surface area (TPSA) is 80.3 Å². The zero-order chi connectivity index (χ0) is 9.14. The summed E-state index contributed by atoms with van der Waals surface area (Å²) in [5.41, 5.74) is 6.65. The SMILES string of the molecule is N=NC(=N)c1ccc(O)c(F)c1. The van der Waals surface area contributed by atoms with Gasteiger partial charge in [-0.25, -0.2) is 9.92 Å². The minimum Gasteiger partial charge on any atom is -0.505 e. The summed E-state index contributed by atoms with van der Waals surface area (Å²) < 4.78 is 12.6. The monoisotopic (exact) mass is 167 g/mol. The highest BCUT2D eigenvalue weighted by Gasteiger charge is 2.04. The molecule has 12 heavy (non-hydrogen) atoms. The van der Waals surface area contributed by atoms with Gasteiger partial charge < -0.3 is 5.11 Å². The van der Waals surface area contributed by atoms with Crippen LogP contribution >= 0.6 is 0 Å². The number of phenolic OH excluding ortho intramolecular Hbond substituents is 1. The van der Waals surface area contributed by atoms with Crippen molar-refractivity contribution in [3.63, 3.8) is 0 Å². The van der Waals surface area contributed by atoms with Crippen molar-refractivity contribution in [2.75, 3.05) is 0 Å². The highest BCUT2D eigenvalue weighted by molar-refractivity contribution is 5.96. The molecule has 0 aliphatic rings. The van der Waals surface area contributed by atoms with Gasteiger partial charge in [-0.15, -0.1) is 5.11 Å². The molecule has 1 aromatic carbocycles. The van der Waals surface area contributed by atoms with Gasteiger partial charge in [-0.3, -0.25) is 5.41 Å². The fourth-order valence-electron chi connectivity index (χ4n) is 0.719. The molecule has 5 heteroatoms. The van der Waals surface area contributed by atoms with E-state index in [1.54, 1.807) is 0 Å². The number of hydrogen-bond acceptors (Lipinski definition) is 3. The molecule has 0 aromatic heterocycles. The van der Waals surface area contributed by atoms with Gasteiger partial charge in [-0.05, 0) is 18.2 Å². The van der Waals surface area contributed by atoms with Crippen molar-refractivity contribution in [3.8, 4) is 5.75 Å². The molecule has 3 N–H and O–H groups in total. The lowest BCUT2D eigenvalue weighted by Crippen LogP contribution is -1.93. The van der Waals surface area contributed by atoms with Gasteiger partial charge in [-0.2, -0.15) is 0 Å². The van der Waals surface area contributed by atoms with E-state index in [0.29, 0.717) is 0 Å². The van der Waals surface area contributed by atoms with E-state index in [1.165, 1.54) is 6.07 Å².